The molecule has 2 nitrogen and oxygen atoms in total. The topological polar surface area (TPSA) is 21.3 Å². The lowest BCUT2D eigenvalue weighted by Gasteiger charge is -2.10. The summed E-state index contributed by atoms with van der Waals surface area (Å²) in [6.07, 6.45) is 9.91. The lowest BCUT2D eigenvalue weighted by molar-refractivity contribution is 0.110. The largest absolute Gasteiger partial charge is 0.377 e. The molecule has 0 aromatic heterocycles. The van der Waals surface area contributed by atoms with Crippen molar-refractivity contribution < 1.29 is 4.74 Å². The van der Waals surface area contributed by atoms with Crippen LogP contribution in [0.2, 0.25) is 0 Å². The molecule has 1 rings (SSSR count). The first-order chi connectivity index (χ1) is 7.79. The Morgan fingerprint density at radius 2 is 2.00 bits per heavy atom. The van der Waals surface area contributed by atoms with Crippen molar-refractivity contribution in [3.63, 3.8) is 0 Å². The van der Waals surface area contributed by atoms with Gasteiger partial charge < -0.3 is 10.1 Å². The second kappa shape index (κ2) is 9.00. The molecule has 1 saturated heterocycles. The van der Waals surface area contributed by atoms with E-state index in [4.69, 9.17) is 4.74 Å². The molecule has 0 aliphatic carbocycles. The number of unbranched alkanes of at least 4 members (excludes halogenated alkanes) is 3. The van der Waals surface area contributed by atoms with Gasteiger partial charge in [-0.2, -0.15) is 0 Å². The number of nitrogens with one attached hydrogen (secondary N) is 1. The van der Waals surface area contributed by atoms with Gasteiger partial charge in [0.1, 0.15) is 0 Å². The maximum atomic E-state index is 5.56. The lowest BCUT2D eigenvalue weighted by atomic mass is 10.0. The minimum atomic E-state index is 0.501. The summed E-state index contributed by atoms with van der Waals surface area (Å²) >= 11 is 0. The molecule has 1 fully saturated rings. The van der Waals surface area contributed by atoms with Crippen molar-refractivity contribution in [2.45, 2.75) is 64.9 Å². The fraction of sp³-hybridized carbons (Fsp3) is 1.00. The van der Waals surface area contributed by atoms with Gasteiger partial charge in [-0.1, -0.05) is 39.5 Å². The number of rotatable bonds is 9. The molecule has 0 aromatic carbocycles. The van der Waals surface area contributed by atoms with Crippen LogP contribution >= 0.6 is 0 Å². The van der Waals surface area contributed by atoms with Crippen molar-refractivity contribution in [2.75, 3.05) is 19.7 Å². The number of hydrogen-bond acceptors (Lipinski definition) is 2. The van der Waals surface area contributed by atoms with Gasteiger partial charge >= 0.3 is 0 Å². The zero-order chi connectivity index (χ0) is 11.6. The predicted octanol–water partition coefficient (Wildman–Crippen LogP) is 3.36. The maximum absolute atomic E-state index is 5.56. The Morgan fingerprint density at radius 3 is 2.69 bits per heavy atom. The third-order valence-electron chi connectivity index (χ3n) is 3.28. The van der Waals surface area contributed by atoms with Gasteiger partial charge in [0.2, 0.25) is 0 Å². The summed E-state index contributed by atoms with van der Waals surface area (Å²) < 4.78 is 5.56. The first-order valence-corrected chi connectivity index (χ1v) is 7.11. The Kier molecular flexibility index (Phi) is 7.87. The van der Waals surface area contributed by atoms with E-state index in [-0.39, 0.29) is 0 Å². The average molecular weight is 227 g/mol. The highest BCUT2D eigenvalue weighted by Crippen LogP contribution is 2.11. The smallest absolute Gasteiger partial charge is 0.0700 e. The lowest BCUT2D eigenvalue weighted by Crippen LogP contribution is -2.26. The van der Waals surface area contributed by atoms with Crippen molar-refractivity contribution in [1.29, 1.82) is 0 Å². The van der Waals surface area contributed by atoms with Gasteiger partial charge in [-0.05, 0) is 31.7 Å². The van der Waals surface area contributed by atoms with E-state index in [9.17, 15) is 0 Å². The molecule has 96 valence electrons. The van der Waals surface area contributed by atoms with Crippen molar-refractivity contribution in [3.05, 3.63) is 0 Å². The van der Waals surface area contributed by atoms with Crippen LogP contribution in [0.1, 0.15) is 58.8 Å². The third kappa shape index (κ3) is 7.24. The van der Waals surface area contributed by atoms with Crippen molar-refractivity contribution in [1.82, 2.24) is 5.32 Å². The molecule has 0 spiro atoms. The molecule has 0 amide bonds. The van der Waals surface area contributed by atoms with Crippen LogP contribution in [0.4, 0.5) is 0 Å². The summed E-state index contributed by atoms with van der Waals surface area (Å²) in [5.41, 5.74) is 0. The molecule has 1 N–H and O–H groups in total. The second-order valence-corrected chi connectivity index (χ2v) is 5.44. The predicted molar refractivity (Wildman–Crippen MR) is 69.8 cm³/mol. The van der Waals surface area contributed by atoms with Gasteiger partial charge in [0.05, 0.1) is 6.10 Å². The van der Waals surface area contributed by atoms with Crippen LogP contribution < -0.4 is 5.32 Å². The summed E-state index contributed by atoms with van der Waals surface area (Å²) in [7, 11) is 0. The molecule has 1 unspecified atom stereocenters. The minimum absolute atomic E-state index is 0.501. The fourth-order valence-electron chi connectivity index (χ4n) is 2.22. The maximum Gasteiger partial charge on any atom is 0.0700 e. The van der Waals surface area contributed by atoms with E-state index < -0.39 is 0 Å². The van der Waals surface area contributed by atoms with E-state index in [1.807, 2.05) is 0 Å². The molecule has 0 saturated carbocycles. The van der Waals surface area contributed by atoms with Gasteiger partial charge in [-0.15, -0.1) is 0 Å². The fourth-order valence-corrected chi connectivity index (χ4v) is 2.22. The van der Waals surface area contributed by atoms with Gasteiger partial charge in [0, 0.05) is 13.2 Å². The molecule has 1 atom stereocenters. The number of hydrogen-bond donors (Lipinski definition) is 1. The van der Waals surface area contributed by atoms with E-state index in [0.29, 0.717) is 6.10 Å². The summed E-state index contributed by atoms with van der Waals surface area (Å²) in [4.78, 5) is 0. The molecule has 0 bridgehead atoms. The van der Waals surface area contributed by atoms with E-state index >= 15 is 0 Å². The van der Waals surface area contributed by atoms with Crippen LogP contribution in [0.3, 0.4) is 0 Å². The minimum Gasteiger partial charge on any atom is -0.377 e. The highest BCUT2D eigenvalue weighted by atomic mass is 16.5. The molecule has 0 radical (unpaired) electrons. The third-order valence-corrected chi connectivity index (χ3v) is 3.28. The van der Waals surface area contributed by atoms with E-state index in [0.717, 1.165) is 19.1 Å². The summed E-state index contributed by atoms with van der Waals surface area (Å²) in [5, 5.41) is 3.50. The van der Waals surface area contributed by atoms with E-state index in [1.165, 1.54) is 51.5 Å². The normalized spacial score (nSPS) is 20.8. The SMILES string of the molecule is CC(C)CCCCCCNCC1CCCO1. The van der Waals surface area contributed by atoms with Gasteiger partial charge in [-0.25, -0.2) is 0 Å². The number of ether oxygens (including phenoxy) is 1. The molecule has 16 heavy (non-hydrogen) atoms. The highest BCUT2D eigenvalue weighted by molar-refractivity contribution is 4.67. The Hall–Kier alpha value is -0.0800. The van der Waals surface area contributed by atoms with Crippen molar-refractivity contribution in [2.24, 2.45) is 5.92 Å². The second-order valence-electron chi connectivity index (χ2n) is 5.44. The van der Waals surface area contributed by atoms with Gasteiger partial charge in [0.15, 0.2) is 0 Å². The highest BCUT2D eigenvalue weighted by Gasteiger charge is 2.13. The summed E-state index contributed by atoms with van der Waals surface area (Å²) in [6.45, 7) is 7.82. The van der Waals surface area contributed by atoms with Crippen LogP contribution in [0, 0.1) is 5.92 Å². The Morgan fingerprint density at radius 1 is 1.19 bits per heavy atom. The molecule has 2 heteroatoms. The first-order valence-electron chi connectivity index (χ1n) is 7.11. The van der Waals surface area contributed by atoms with Crippen molar-refractivity contribution in [3.8, 4) is 0 Å². The monoisotopic (exact) mass is 227 g/mol. The van der Waals surface area contributed by atoms with E-state index in [2.05, 4.69) is 19.2 Å². The molecule has 1 aliphatic heterocycles. The zero-order valence-corrected chi connectivity index (χ0v) is 11.1. The van der Waals surface area contributed by atoms with E-state index in [1.54, 1.807) is 0 Å². The molecular weight excluding hydrogens is 198 g/mol. The van der Waals surface area contributed by atoms with Crippen LogP contribution in [0.5, 0.6) is 0 Å². The van der Waals surface area contributed by atoms with Crippen LogP contribution in [0.15, 0.2) is 0 Å². The Labute approximate surface area is 101 Å². The summed E-state index contributed by atoms with van der Waals surface area (Å²) in [5.74, 6) is 0.873. The van der Waals surface area contributed by atoms with Crippen molar-refractivity contribution >= 4 is 0 Å². The molecule has 1 heterocycles. The van der Waals surface area contributed by atoms with Crippen LogP contribution in [0.25, 0.3) is 0 Å². The Bertz CT molecular complexity index is 153. The zero-order valence-electron chi connectivity index (χ0n) is 11.1. The molecule has 1 aliphatic rings. The quantitative estimate of drug-likeness (QED) is 0.610. The Balaban J connectivity index is 1.74. The van der Waals surface area contributed by atoms with Gasteiger partial charge in [-0.3, -0.25) is 0 Å². The molecular formula is C14H29NO. The summed E-state index contributed by atoms with van der Waals surface area (Å²) in [6, 6.07) is 0. The van der Waals surface area contributed by atoms with Crippen LogP contribution in [-0.2, 0) is 4.74 Å². The first kappa shape index (κ1) is 14.0. The standard InChI is InChI=1S/C14H29NO/c1-13(2)8-5-3-4-6-10-15-12-14-9-7-11-16-14/h13-15H,3-12H2,1-2H3. The van der Waals surface area contributed by atoms with Crippen LogP contribution in [-0.4, -0.2) is 25.8 Å². The average Bonchev–Trinajstić information content (AvgIpc) is 2.74. The van der Waals surface area contributed by atoms with Gasteiger partial charge in [0.25, 0.3) is 0 Å². The molecule has 0 aromatic rings.